The average molecular weight is 395 g/mol. The number of hydrogen-bond acceptors (Lipinski definition) is 3. The molecule has 0 unspecified atom stereocenters. The average Bonchev–Trinajstić information content (AvgIpc) is 3.13. The highest BCUT2D eigenvalue weighted by Gasteiger charge is 2.48. The van der Waals surface area contributed by atoms with Gasteiger partial charge in [-0.3, -0.25) is 4.79 Å². The third kappa shape index (κ3) is 2.80. The Morgan fingerprint density at radius 2 is 1.82 bits per heavy atom. The van der Waals surface area contributed by atoms with Crippen LogP contribution in [0, 0.1) is 0 Å². The maximum Gasteiger partial charge on any atom is 0.233 e. The van der Waals surface area contributed by atoms with E-state index < -0.39 is 0 Å². The van der Waals surface area contributed by atoms with Crippen LogP contribution in [0.2, 0.25) is 5.02 Å². The van der Waals surface area contributed by atoms with Crippen molar-refractivity contribution in [3.05, 3.63) is 59.5 Å². The van der Waals surface area contributed by atoms with Crippen LogP contribution in [0.1, 0.15) is 43.7 Å². The molecule has 2 fully saturated rings. The van der Waals surface area contributed by atoms with E-state index in [1.807, 2.05) is 48.9 Å². The molecule has 1 aliphatic heterocycles. The van der Waals surface area contributed by atoms with Crippen molar-refractivity contribution in [2.75, 3.05) is 13.1 Å². The zero-order valence-electron chi connectivity index (χ0n) is 15.7. The first-order valence-corrected chi connectivity index (χ1v) is 10.4. The van der Waals surface area contributed by atoms with Gasteiger partial charge in [0.25, 0.3) is 0 Å². The number of piperidine rings is 1. The standard InChI is InChI=1S/C22H23ClN4O/c23-17-6-4-16(5-7-17)22(10-2-11-22)21(28)26-13-8-18(9-14-26)27-15-25-19-3-1-12-24-20(19)27/h1,3-7,12,15,18H,2,8-11,13-14H2. The normalized spacial score (nSPS) is 19.5. The highest BCUT2D eigenvalue weighted by molar-refractivity contribution is 6.30. The minimum atomic E-state index is -0.347. The summed E-state index contributed by atoms with van der Waals surface area (Å²) in [5, 5.41) is 0.715. The van der Waals surface area contributed by atoms with Gasteiger partial charge in [-0.15, -0.1) is 0 Å². The quantitative estimate of drug-likeness (QED) is 0.662. The molecule has 6 heteroatoms. The van der Waals surface area contributed by atoms with Gasteiger partial charge in [0.2, 0.25) is 5.91 Å². The summed E-state index contributed by atoms with van der Waals surface area (Å²) in [5.74, 6) is 0.285. The van der Waals surface area contributed by atoms with E-state index in [-0.39, 0.29) is 11.3 Å². The number of rotatable bonds is 3. The summed E-state index contributed by atoms with van der Waals surface area (Å²) < 4.78 is 2.18. The summed E-state index contributed by atoms with van der Waals surface area (Å²) in [5.41, 5.74) is 2.63. The predicted molar refractivity (Wildman–Crippen MR) is 109 cm³/mol. The van der Waals surface area contributed by atoms with Gasteiger partial charge in [-0.1, -0.05) is 30.2 Å². The lowest BCUT2D eigenvalue weighted by Gasteiger charge is -2.45. The Morgan fingerprint density at radius 1 is 1.07 bits per heavy atom. The molecule has 0 bridgehead atoms. The van der Waals surface area contributed by atoms with Gasteiger partial charge in [0, 0.05) is 30.4 Å². The van der Waals surface area contributed by atoms with Crippen LogP contribution in [0.15, 0.2) is 48.9 Å². The molecule has 5 rings (SSSR count). The van der Waals surface area contributed by atoms with E-state index >= 15 is 0 Å². The van der Waals surface area contributed by atoms with Crippen molar-refractivity contribution in [2.45, 2.75) is 43.6 Å². The summed E-state index contributed by atoms with van der Waals surface area (Å²) in [6.45, 7) is 1.57. The minimum absolute atomic E-state index is 0.285. The van der Waals surface area contributed by atoms with Crippen LogP contribution in [0.25, 0.3) is 11.2 Å². The second-order valence-electron chi connectivity index (χ2n) is 7.96. The number of aromatic nitrogens is 3. The van der Waals surface area contributed by atoms with Gasteiger partial charge in [0.15, 0.2) is 5.65 Å². The summed E-state index contributed by atoms with van der Waals surface area (Å²) in [4.78, 5) is 24.5. The number of fused-ring (bicyclic) bond motifs is 1. The van der Waals surface area contributed by atoms with Gasteiger partial charge in [0.05, 0.1) is 11.7 Å². The smallest absolute Gasteiger partial charge is 0.233 e. The van der Waals surface area contributed by atoms with E-state index in [1.165, 1.54) is 0 Å². The van der Waals surface area contributed by atoms with Crippen molar-refractivity contribution in [3.8, 4) is 0 Å². The number of benzene rings is 1. The maximum atomic E-state index is 13.5. The molecule has 1 aliphatic carbocycles. The largest absolute Gasteiger partial charge is 0.342 e. The fourth-order valence-corrected chi connectivity index (χ4v) is 4.84. The van der Waals surface area contributed by atoms with E-state index in [2.05, 4.69) is 19.4 Å². The number of carbonyl (C=O) groups excluding carboxylic acids is 1. The molecule has 1 saturated carbocycles. The van der Waals surface area contributed by atoms with Crippen molar-refractivity contribution in [1.29, 1.82) is 0 Å². The predicted octanol–water partition coefficient (Wildman–Crippen LogP) is 4.37. The van der Waals surface area contributed by atoms with Crippen LogP contribution in [0.3, 0.4) is 0 Å². The molecule has 3 heterocycles. The van der Waals surface area contributed by atoms with Gasteiger partial charge in [-0.2, -0.15) is 0 Å². The Bertz CT molecular complexity index is 1000. The molecule has 1 amide bonds. The molecule has 0 atom stereocenters. The van der Waals surface area contributed by atoms with Crippen molar-refractivity contribution < 1.29 is 4.79 Å². The summed E-state index contributed by atoms with van der Waals surface area (Å²) >= 11 is 6.05. The maximum absolute atomic E-state index is 13.5. The van der Waals surface area contributed by atoms with Gasteiger partial charge in [-0.25, -0.2) is 9.97 Å². The Balaban J connectivity index is 1.32. The van der Waals surface area contributed by atoms with E-state index in [4.69, 9.17) is 11.6 Å². The summed E-state index contributed by atoms with van der Waals surface area (Å²) in [6, 6.07) is 12.1. The third-order valence-electron chi connectivity index (χ3n) is 6.49. The number of pyridine rings is 1. The Labute approximate surface area is 169 Å². The number of carbonyl (C=O) groups is 1. The second-order valence-corrected chi connectivity index (χ2v) is 8.40. The lowest BCUT2D eigenvalue weighted by Crippen LogP contribution is -2.53. The highest BCUT2D eigenvalue weighted by Crippen LogP contribution is 2.46. The summed E-state index contributed by atoms with van der Waals surface area (Å²) in [6.07, 6.45) is 8.55. The molecule has 0 spiro atoms. The topological polar surface area (TPSA) is 51.0 Å². The number of hydrogen-bond donors (Lipinski definition) is 0. The molecular weight excluding hydrogens is 372 g/mol. The van der Waals surface area contributed by atoms with Crippen molar-refractivity contribution >= 4 is 28.7 Å². The van der Waals surface area contributed by atoms with Gasteiger partial charge in [0.1, 0.15) is 5.52 Å². The second kappa shape index (κ2) is 6.89. The van der Waals surface area contributed by atoms with Crippen LogP contribution in [-0.4, -0.2) is 38.4 Å². The van der Waals surface area contributed by atoms with Crippen molar-refractivity contribution in [1.82, 2.24) is 19.4 Å². The molecule has 0 N–H and O–H groups in total. The lowest BCUT2D eigenvalue weighted by atomic mass is 9.63. The van der Waals surface area contributed by atoms with E-state index in [0.29, 0.717) is 11.1 Å². The first kappa shape index (κ1) is 17.7. The minimum Gasteiger partial charge on any atom is -0.342 e. The van der Waals surface area contributed by atoms with Crippen LogP contribution < -0.4 is 0 Å². The fraction of sp³-hybridized carbons (Fsp3) is 0.409. The van der Waals surface area contributed by atoms with Gasteiger partial charge in [-0.05, 0) is 55.5 Å². The summed E-state index contributed by atoms with van der Waals surface area (Å²) in [7, 11) is 0. The molecule has 3 aromatic rings. The molecule has 28 heavy (non-hydrogen) atoms. The van der Waals surface area contributed by atoms with E-state index in [9.17, 15) is 4.79 Å². The molecule has 2 aliphatic rings. The molecule has 0 radical (unpaired) electrons. The zero-order valence-corrected chi connectivity index (χ0v) is 16.5. The van der Waals surface area contributed by atoms with E-state index in [0.717, 1.165) is 61.9 Å². The number of nitrogens with zero attached hydrogens (tertiary/aromatic N) is 4. The fourth-order valence-electron chi connectivity index (χ4n) is 4.71. The SMILES string of the molecule is O=C(N1CCC(n2cnc3cccnc32)CC1)C1(c2ccc(Cl)cc2)CCC1. The van der Waals surface area contributed by atoms with Crippen LogP contribution in [-0.2, 0) is 10.2 Å². The molecule has 1 aromatic carbocycles. The van der Waals surface area contributed by atoms with Crippen LogP contribution in [0.5, 0.6) is 0 Å². The zero-order chi connectivity index (χ0) is 19.1. The van der Waals surface area contributed by atoms with Crippen molar-refractivity contribution in [2.24, 2.45) is 0 Å². The highest BCUT2D eigenvalue weighted by atomic mass is 35.5. The first-order chi connectivity index (χ1) is 13.7. The molecular formula is C22H23ClN4O. The molecule has 5 nitrogen and oxygen atoms in total. The van der Waals surface area contributed by atoms with Crippen molar-refractivity contribution in [3.63, 3.8) is 0 Å². The molecule has 2 aromatic heterocycles. The van der Waals surface area contributed by atoms with Gasteiger partial charge < -0.3 is 9.47 Å². The Kier molecular flexibility index (Phi) is 4.35. The first-order valence-electron chi connectivity index (χ1n) is 10.0. The number of imidazole rings is 1. The number of halogens is 1. The lowest BCUT2D eigenvalue weighted by molar-refractivity contribution is -0.142. The van der Waals surface area contributed by atoms with Gasteiger partial charge >= 0.3 is 0 Å². The molecule has 1 saturated heterocycles. The number of amides is 1. The number of likely N-dealkylation sites (tertiary alicyclic amines) is 1. The monoisotopic (exact) mass is 394 g/mol. The van der Waals surface area contributed by atoms with Crippen LogP contribution in [0.4, 0.5) is 0 Å². The Hall–Kier alpha value is -2.40. The van der Waals surface area contributed by atoms with Crippen LogP contribution >= 0.6 is 11.6 Å². The Morgan fingerprint density at radius 3 is 2.50 bits per heavy atom. The van der Waals surface area contributed by atoms with E-state index in [1.54, 1.807) is 0 Å². The molecule has 144 valence electrons. The third-order valence-corrected chi connectivity index (χ3v) is 6.74.